The van der Waals surface area contributed by atoms with Crippen molar-refractivity contribution in [1.82, 2.24) is 0 Å². The highest BCUT2D eigenvalue weighted by molar-refractivity contribution is 7.89. The normalized spacial score (nSPS) is 10.8. The molecule has 0 aliphatic carbocycles. The molecule has 0 aromatic heterocycles. The number of nitro groups is 1. The number of ether oxygens (including phenoxy) is 1. The van der Waals surface area contributed by atoms with Gasteiger partial charge in [0.2, 0.25) is 10.0 Å². The number of methoxy groups -OCH3 is 1. The number of nitro benzene ring substituents is 1. The average Bonchev–Trinajstić information content (AvgIpc) is 2.54. The van der Waals surface area contributed by atoms with Crippen LogP contribution in [0.4, 0.5) is 17.1 Å². The minimum Gasteiger partial charge on any atom is -0.496 e. The summed E-state index contributed by atoms with van der Waals surface area (Å²) in [6.07, 6.45) is 0. The lowest BCUT2D eigenvalue weighted by molar-refractivity contribution is -0.384. The highest BCUT2D eigenvalue weighted by Gasteiger charge is 2.16. The molecule has 11 heteroatoms. The van der Waals surface area contributed by atoms with Crippen molar-refractivity contribution in [3.05, 3.63) is 52.6 Å². The smallest absolute Gasteiger partial charge is 0.296 e. The van der Waals surface area contributed by atoms with E-state index in [0.717, 1.165) is 0 Å². The van der Waals surface area contributed by atoms with Crippen LogP contribution in [0.3, 0.4) is 0 Å². The maximum Gasteiger partial charge on any atom is 0.296 e. The number of primary sulfonamides is 1. The molecule has 0 saturated heterocycles. The summed E-state index contributed by atoms with van der Waals surface area (Å²) in [5, 5.41) is 21.8. The lowest BCUT2D eigenvalue weighted by atomic mass is 10.2. The number of thiocarbonyl (C=S) groups is 1. The topological polar surface area (TPSA) is 137 Å². The number of nitrogens with two attached hydrogens (primary N) is 1. The van der Waals surface area contributed by atoms with Crippen molar-refractivity contribution < 1.29 is 18.1 Å². The molecule has 2 rings (SSSR count). The third kappa shape index (κ3) is 4.86. The zero-order valence-electron chi connectivity index (χ0n) is 12.9. The average molecular weight is 382 g/mol. The van der Waals surface area contributed by atoms with Gasteiger partial charge in [0.25, 0.3) is 5.69 Å². The van der Waals surface area contributed by atoms with Gasteiger partial charge in [-0.15, -0.1) is 0 Å². The number of hydrogen-bond acceptors (Lipinski definition) is 6. The number of nitrogens with one attached hydrogen (secondary N) is 2. The molecule has 0 spiro atoms. The highest BCUT2D eigenvalue weighted by atomic mass is 32.2. The Morgan fingerprint density at radius 1 is 1.20 bits per heavy atom. The lowest BCUT2D eigenvalue weighted by Crippen LogP contribution is -2.20. The second-order valence-corrected chi connectivity index (χ2v) is 6.76. The fourth-order valence-corrected chi connectivity index (χ4v) is 2.65. The number of sulfonamides is 1. The summed E-state index contributed by atoms with van der Waals surface area (Å²) >= 11 is 5.11. The Bertz CT molecular complexity index is 913. The molecule has 132 valence electrons. The minimum atomic E-state index is -3.78. The van der Waals surface area contributed by atoms with E-state index in [1.54, 1.807) is 6.07 Å². The van der Waals surface area contributed by atoms with Gasteiger partial charge in [0.15, 0.2) is 5.11 Å². The van der Waals surface area contributed by atoms with Gasteiger partial charge >= 0.3 is 0 Å². The van der Waals surface area contributed by atoms with E-state index in [1.807, 2.05) is 0 Å². The third-order valence-electron chi connectivity index (χ3n) is 3.09. The molecule has 25 heavy (non-hydrogen) atoms. The van der Waals surface area contributed by atoms with Crippen LogP contribution in [-0.2, 0) is 10.0 Å². The highest BCUT2D eigenvalue weighted by Crippen LogP contribution is 2.29. The molecular formula is C14H14N4O5S2. The molecule has 4 N–H and O–H groups in total. The molecule has 9 nitrogen and oxygen atoms in total. The SMILES string of the molecule is COc1ccc(NC(=S)Nc2ccc(S(N)(=O)=O)cc2)c([N+](=O)[O-])c1. The molecule has 0 bridgehead atoms. The molecular weight excluding hydrogens is 368 g/mol. The quantitative estimate of drug-likeness (QED) is 0.406. The maximum atomic E-state index is 11.2. The molecule has 0 amide bonds. The van der Waals surface area contributed by atoms with E-state index in [-0.39, 0.29) is 21.4 Å². The predicted molar refractivity (Wildman–Crippen MR) is 97.3 cm³/mol. The Hall–Kier alpha value is -2.76. The van der Waals surface area contributed by atoms with Crippen LogP contribution in [-0.4, -0.2) is 25.6 Å². The first-order valence-corrected chi connectivity index (χ1v) is 8.69. The summed E-state index contributed by atoms with van der Waals surface area (Å²) in [6, 6.07) is 9.86. The van der Waals surface area contributed by atoms with E-state index >= 15 is 0 Å². The zero-order chi connectivity index (χ0) is 18.6. The van der Waals surface area contributed by atoms with Gasteiger partial charge in [0.1, 0.15) is 11.4 Å². The molecule has 0 heterocycles. The van der Waals surface area contributed by atoms with E-state index in [1.165, 1.54) is 43.5 Å². The second kappa shape index (κ2) is 7.42. The molecule has 2 aromatic carbocycles. The van der Waals surface area contributed by atoms with Crippen molar-refractivity contribution in [2.24, 2.45) is 5.14 Å². The third-order valence-corrected chi connectivity index (χ3v) is 4.22. The van der Waals surface area contributed by atoms with Crippen LogP contribution in [0, 0.1) is 10.1 Å². The van der Waals surface area contributed by atoms with Gasteiger partial charge in [-0.25, -0.2) is 13.6 Å². The summed E-state index contributed by atoms with van der Waals surface area (Å²) in [7, 11) is -2.38. The van der Waals surface area contributed by atoms with Crippen LogP contribution in [0.2, 0.25) is 0 Å². The number of rotatable bonds is 5. The Balaban J connectivity index is 2.14. The fourth-order valence-electron chi connectivity index (χ4n) is 1.91. The van der Waals surface area contributed by atoms with Crippen molar-refractivity contribution >= 4 is 44.4 Å². The molecule has 0 saturated carbocycles. The first kappa shape index (κ1) is 18.6. The first-order valence-electron chi connectivity index (χ1n) is 6.74. The van der Waals surface area contributed by atoms with Crippen LogP contribution in [0.1, 0.15) is 0 Å². The van der Waals surface area contributed by atoms with Gasteiger partial charge in [-0.05, 0) is 48.6 Å². The van der Waals surface area contributed by atoms with Gasteiger partial charge in [-0.3, -0.25) is 10.1 Å². The zero-order valence-corrected chi connectivity index (χ0v) is 14.6. The van der Waals surface area contributed by atoms with Crippen molar-refractivity contribution in [2.75, 3.05) is 17.7 Å². The monoisotopic (exact) mass is 382 g/mol. The van der Waals surface area contributed by atoms with Crippen molar-refractivity contribution in [3.8, 4) is 5.75 Å². The molecule has 0 aliphatic rings. The molecule has 2 aromatic rings. The van der Waals surface area contributed by atoms with Gasteiger partial charge in [0, 0.05) is 5.69 Å². The van der Waals surface area contributed by atoms with Crippen LogP contribution in [0.5, 0.6) is 5.75 Å². The van der Waals surface area contributed by atoms with Crippen molar-refractivity contribution in [3.63, 3.8) is 0 Å². The van der Waals surface area contributed by atoms with Gasteiger partial charge in [-0.2, -0.15) is 0 Å². The van der Waals surface area contributed by atoms with Crippen LogP contribution in [0.25, 0.3) is 0 Å². The van der Waals surface area contributed by atoms with E-state index in [0.29, 0.717) is 11.4 Å². The maximum absolute atomic E-state index is 11.2. The number of anilines is 2. The first-order chi connectivity index (χ1) is 11.7. The predicted octanol–water partition coefficient (Wildman–Crippen LogP) is 2.06. The standard InChI is InChI=1S/C14H14N4O5S2/c1-23-10-4-7-12(13(8-10)18(19)20)17-14(24)16-9-2-5-11(6-3-9)25(15,21)22/h2-8H,1H3,(H2,15,21,22)(H2,16,17,24). The summed E-state index contributed by atoms with van der Waals surface area (Å²) in [4.78, 5) is 10.5. The van der Waals surface area contributed by atoms with Crippen LogP contribution >= 0.6 is 12.2 Å². The van der Waals surface area contributed by atoms with Gasteiger partial charge in [0.05, 0.1) is 23.0 Å². The Kier molecular flexibility index (Phi) is 5.51. The molecule has 0 fully saturated rings. The lowest BCUT2D eigenvalue weighted by Gasteiger charge is -2.11. The molecule has 0 atom stereocenters. The number of hydrogen-bond donors (Lipinski definition) is 3. The second-order valence-electron chi connectivity index (χ2n) is 4.79. The summed E-state index contributed by atoms with van der Waals surface area (Å²) in [5.41, 5.74) is 0.471. The molecule has 0 aliphatic heterocycles. The van der Waals surface area contributed by atoms with Gasteiger partial charge < -0.3 is 15.4 Å². The van der Waals surface area contributed by atoms with E-state index in [2.05, 4.69) is 10.6 Å². The number of nitrogens with zero attached hydrogens (tertiary/aromatic N) is 1. The largest absolute Gasteiger partial charge is 0.496 e. The van der Waals surface area contributed by atoms with Crippen molar-refractivity contribution in [2.45, 2.75) is 4.90 Å². The Labute approximate surface area is 149 Å². The summed E-state index contributed by atoms with van der Waals surface area (Å²) in [5.74, 6) is 0.342. The van der Waals surface area contributed by atoms with Crippen LogP contribution in [0.15, 0.2) is 47.4 Å². The minimum absolute atomic E-state index is 0.0391. The van der Waals surface area contributed by atoms with Crippen LogP contribution < -0.4 is 20.5 Å². The molecule has 0 unspecified atom stereocenters. The summed E-state index contributed by atoms with van der Waals surface area (Å²) < 4.78 is 27.4. The Morgan fingerprint density at radius 3 is 2.36 bits per heavy atom. The van der Waals surface area contributed by atoms with E-state index < -0.39 is 14.9 Å². The number of benzene rings is 2. The van der Waals surface area contributed by atoms with E-state index in [9.17, 15) is 18.5 Å². The van der Waals surface area contributed by atoms with Crippen molar-refractivity contribution in [1.29, 1.82) is 0 Å². The van der Waals surface area contributed by atoms with E-state index in [4.69, 9.17) is 22.1 Å². The summed E-state index contributed by atoms with van der Waals surface area (Å²) in [6.45, 7) is 0. The molecule has 0 radical (unpaired) electrons. The Morgan fingerprint density at radius 2 is 1.84 bits per heavy atom. The van der Waals surface area contributed by atoms with Gasteiger partial charge in [-0.1, -0.05) is 0 Å². The fraction of sp³-hybridized carbons (Fsp3) is 0.0714.